The second kappa shape index (κ2) is 8.85. The lowest BCUT2D eigenvalue weighted by Gasteiger charge is -2.13. The smallest absolute Gasteiger partial charge is 0.269 e. The number of hydrogen-bond acceptors (Lipinski definition) is 6. The summed E-state index contributed by atoms with van der Waals surface area (Å²) in [5.74, 6) is 1.04. The Morgan fingerprint density at radius 3 is 2.36 bits per heavy atom. The molecule has 0 bridgehead atoms. The number of benzene rings is 2. The molecule has 0 aliphatic carbocycles. The summed E-state index contributed by atoms with van der Waals surface area (Å²) in [6, 6.07) is 16.7. The van der Waals surface area contributed by atoms with Gasteiger partial charge in [-0.2, -0.15) is 0 Å². The van der Waals surface area contributed by atoms with Gasteiger partial charge < -0.3 is 9.47 Å². The average molecular weight is 378 g/mol. The molecule has 0 spiro atoms. The highest BCUT2D eigenvalue weighted by Gasteiger charge is 2.12. The SMILES string of the molecule is COc1cc(C(=O)NNc2nc(C)cc(C)n2)ccc1OCc1ccccc1. The van der Waals surface area contributed by atoms with Crippen LogP contribution >= 0.6 is 0 Å². The van der Waals surface area contributed by atoms with Crippen LogP contribution in [0.25, 0.3) is 0 Å². The number of ether oxygens (including phenoxy) is 2. The number of hydrogen-bond donors (Lipinski definition) is 2. The maximum atomic E-state index is 12.4. The van der Waals surface area contributed by atoms with Gasteiger partial charge in [0.1, 0.15) is 6.61 Å². The summed E-state index contributed by atoms with van der Waals surface area (Å²) in [4.78, 5) is 20.9. The number of hydrazine groups is 1. The first kappa shape index (κ1) is 19.2. The lowest BCUT2D eigenvalue weighted by atomic mass is 10.2. The minimum atomic E-state index is -0.337. The monoisotopic (exact) mass is 378 g/mol. The Kier molecular flexibility index (Phi) is 6.06. The molecule has 0 atom stereocenters. The molecule has 3 rings (SSSR count). The molecule has 2 aromatic carbocycles. The fraction of sp³-hybridized carbons (Fsp3) is 0.190. The number of methoxy groups -OCH3 is 1. The number of amides is 1. The summed E-state index contributed by atoms with van der Waals surface area (Å²) in [5, 5.41) is 0. The number of nitrogens with one attached hydrogen (secondary N) is 2. The van der Waals surface area contributed by atoms with Crippen molar-refractivity contribution in [3.8, 4) is 11.5 Å². The van der Waals surface area contributed by atoms with Crippen LogP contribution in [0, 0.1) is 13.8 Å². The number of carbonyl (C=O) groups excluding carboxylic acids is 1. The Bertz CT molecular complexity index is 941. The highest BCUT2D eigenvalue weighted by atomic mass is 16.5. The molecular formula is C21H22N4O3. The van der Waals surface area contributed by atoms with Gasteiger partial charge in [0.2, 0.25) is 5.95 Å². The van der Waals surface area contributed by atoms with Crippen LogP contribution in [0.4, 0.5) is 5.95 Å². The Hall–Kier alpha value is -3.61. The van der Waals surface area contributed by atoms with Crippen LogP contribution in [0.3, 0.4) is 0 Å². The van der Waals surface area contributed by atoms with Crippen molar-refractivity contribution in [2.24, 2.45) is 0 Å². The van der Waals surface area contributed by atoms with E-state index in [4.69, 9.17) is 9.47 Å². The fourth-order valence-corrected chi connectivity index (χ4v) is 2.63. The molecule has 1 amide bonds. The third-order valence-electron chi connectivity index (χ3n) is 3.93. The molecule has 0 saturated carbocycles. The summed E-state index contributed by atoms with van der Waals surface area (Å²) in [6.07, 6.45) is 0. The molecular weight excluding hydrogens is 356 g/mol. The average Bonchev–Trinajstić information content (AvgIpc) is 2.70. The molecule has 0 fully saturated rings. The van der Waals surface area contributed by atoms with Crippen molar-refractivity contribution in [3.63, 3.8) is 0 Å². The van der Waals surface area contributed by atoms with Crippen LogP contribution in [0.2, 0.25) is 0 Å². The van der Waals surface area contributed by atoms with E-state index in [2.05, 4.69) is 20.8 Å². The maximum absolute atomic E-state index is 12.4. The summed E-state index contributed by atoms with van der Waals surface area (Å²) < 4.78 is 11.2. The van der Waals surface area contributed by atoms with Crippen molar-refractivity contribution in [2.45, 2.75) is 20.5 Å². The van der Waals surface area contributed by atoms with E-state index in [0.29, 0.717) is 29.6 Å². The first-order valence-corrected chi connectivity index (χ1v) is 8.78. The van der Waals surface area contributed by atoms with Gasteiger partial charge >= 0.3 is 0 Å². The molecule has 0 radical (unpaired) electrons. The number of nitrogens with zero attached hydrogens (tertiary/aromatic N) is 2. The van der Waals surface area contributed by atoms with Crippen molar-refractivity contribution in [1.82, 2.24) is 15.4 Å². The third kappa shape index (κ3) is 4.97. The van der Waals surface area contributed by atoms with Gasteiger partial charge in [0.05, 0.1) is 7.11 Å². The molecule has 0 unspecified atom stereocenters. The molecule has 28 heavy (non-hydrogen) atoms. The molecule has 0 aliphatic heterocycles. The lowest BCUT2D eigenvalue weighted by molar-refractivity contribution is 0.0962. The normalized spacial score (nSPS) is 10.2. The van der Waals surface area contributed by atoms with E-state index in [-0.39, 0.29) is 5.91 Å². The topological polar surface area (TPSA) is 85.4 Å². The van der Waals surface area contributed by atoms with Gasteiger partial charge in [-0.05, 0) is 43.7 Å². The number of rotatable bonds is 7. The van der Waals surface area contributed by atoms with Gasteiger partial charge in [-0.3, -0.25) is 15.6 Å². The van der Waals surface area contributed by atoms with Gasteiger partial charge in [-0.15, -0.1) is 0 Å². The molecule has 1 aromatic heterocycles. The minimum Gasteiger partial charge on any atom is -0.493 e. The highest BCUT2D eigenvalue weighted by Crippen LogP contribution is 2.28. The van der Waals surface area contributed by atoms with E-state index in [9.17, 15) is 4.79 Å². The molecule has 7 heteroatoms. The number of carbonyl (C=O) groups is 1. The minimum absolute atomic E-state index is 0.334. The zero-order valence-corrected chi connectivity index (χ0v) is 16.0. The molecule has 2 N–H and O–H groups in total. The predicted octanol–water partition coefficient (Wildman–Crippen LogP) is 3.44. The first-order valence-electron chi connectivity index (χ1n) is 8.78. The number of aromatic nitrogens is 2. The Balaban J connectivity index is 1.65. The van der Waals surface area contributed by atoms with Crippen LogP contribution in [0.1, 0.15) is 27.3 Å². The standard InChI is InChI=1S/C21H22N4O3/c1-14-11-15(2)23-21(22-14)25-24-20(26)17-9-10-18(19(12-17)27-3)28-13-16-7-5-4-6-8-16/h4-12H,13H2,1-3H3,(H,24,26)(H,22,23,25). The highest BCUT2D eigenvalue weighted by molar-refractivity contribution is 5.95. The zero-order valence-electron chi connectivity index (χ0n) is 16.0. The van der Waals surface area contributed by atoms with Gasteiger partial charge in [0.15, 0.2) is 11.5 Å². The van der Waals surface area contributed by atoms with E-state index in [1.165, 1.54) is 7.11 Å². The summed E-state index contributed by atoms with van der Waals surface area (Å²) in [5.41, 5.74) is 8.40. The van der Waals surface area contributed by atoms with E-state index in [0.717, 1.165) is 17.0 Å². The summed E-state index contributed by atoms with van der Waals surface area (Å²) in [6.45, 7) is 4.13. The molecule has 7 nitrogen and oxygen atoms in total. The Labute approximate surface area is 163 Å². The molecule has 0 saturated heterocycles. The van der Waals surface area contributed by atoms with Crippen molar-refractivity contribution < 1.29 is 14.3 Å². The van der Waals surface area contributed by atoms with Crippen LogP contribution < -0.4 is 20.3 Å². The van der Waals surface area contributed by atoms with Crippen molar-refractivity contribution in [2.75, 3.05) is 12.5 Å². The number of aryl methyl sites for hydroxylation is 2. The summed E-state index contributed by atoms with van der Waals surface area (Å²) >= 11 is 0. The van der Waals surface area contributed by atoms with Crippen molar-refractivity contribution in [3.05, 3.63) is 77.1 Å². The van der Waals surface area contributed by atoms with Gasteiger partial charge in [0.25, 0.3) is 5.91 Å². The van der Waals surface area contributed by atoms with E-state index >= 15 is 0 Å². The molecule has 3 aromatic rings. The van der Waals surface area contributed by atoms with Crippen molar-refractivity contribution in [1.29, 1.82) is 0 Å². The van der Waals surface area contributed by atoms with Crippen LogP contribution in [-0.2, 0) is 6.61 Å². The molecule has 0 aliphatic rings. The van der Waals surface area contributed by atoms with Crippen molar-refractivity contribution >= 4 is 11.9 Å². The number of anilines is 1. The lowest BCUT2D eigenvalue weighted by Crippen LogP contribution is -2.30. The van der Waals surface area contributed by atoms with Gasteiger partial charge in [-0.1, -0.05) is 30.3 Å². The van der Waals surface area contributed by atoms with E-state index in [1.807, 2.05) is 50.2 Å². The van der Waals surface area contributed by atoms with Crippen LogP contribution in [-0.4, -0.2) is 23.0 Å². The Morgan fingerprint density at radius 1 is 0.964 bits per heavy atom. The van der Waals surface area contributed by atoms with Crippen LogP contribution in [0.15, 0.2) is 54.6 Å². The predicted molar refractivity (Wildman–Crippen MR) is 106 cm³/mol. The van der Waals surface area contributed by atoms with Gasteiger partial charge in [-0.25, -0.2) is 9.97 Å². The van der Waals surface area contributed by atoms with E-state index < -0.39 is 0 Å². The molecule has 144 valence electrons. The quantitative estimate of drug-likeness (QED) is 0.613. The third-order valence-corrected chi connectivity index (χ3v) is 3.93. The van der Waals surface area contributed by atoms with Crippen LogP contribution in [0.5, 0.6) is 11.5 Å². The van der Waals surface area contributed by atoms with Gasteiger partial charge in [0, 0.05) is 17.0 Å². The molecule has 1 heterocycles. The summed E-state index contributed by atoms with van der Waals surface area (Å²) in [7, 11) is 1.54. The fourth-order valence-electron chi connectivity index (χ4n) is 2.63. The second-order valence-corrected chi connectivity index (χ2v) is 6.19. The second-order valence-electron chi connectivity index (χ2n) is 6.19. The largest absolute Gasteiger partial charge is 0.493 e. The Morgan fingerprint density at radius 2 is 1.68 bits per heavy atom. The maximum Gasteiger partial charge on any atom is 0.269 e. The zero-order chi connectivity index (χ0) is 19.9. The van der Waals surface area contributed by atoms with E-state index in [1.54, 1.807) is 18.2 Å². The first-order chi connectivity index (χ1) is 13.5.